The molecule has 1 rings (SSSR count). The first-order valence-corrected chi connectivity index (χ1v) is 5.21. The molecule has 1 atom stereocenters. The number of rotatable bonds is 4. The van der Waals surface area contributed by atoms with Gasteiger partial charge in [0.15, 0.2) is 0 Å². The highest BCUT2D eigenvalue weighted by Crippen LogP contribution is 2.08. The number of halogens is 1. The molecule has 0 heterocycles. The molecule has 1 aromatic rings. The summed E-state index contributed by atoms with van der Waals surface area (Å²) in [5.74, 6) is 0.316. The van der Waals surface area contributed by atoms with Crippen molar-refractivity contribution in [3.8, 4) is 0 Å². The van der Waals surface area contributed by atoms with Gasteiger partial charge in [-0.05, 0) is 24.5 Å². The van der Waals surface area contributed by atoms with Crippen LogP contribution in [0.4, 0.5) is 5.69 Å². The van der Waals surface area contributed by atoms with Crippen molar-refractivity contribution in [2.24, 2.45) is 11.7 Å². The van der Waals surface area contributed by atoms with Crippen LogP contribution in [0.1, 0.15) is 20.3 Å². The molecular weight excluding hydrogens is 224 g/mol. The smallest absolute Gasteiger partial charge is 0.241 e. The zero-order chi connectivity index (χ0) is 11.3. The lowest BCUT2D eigenvalue weighted by molar-refractivity contribution is -0.117. The molecule has 0 aromatic heterocycles. The molecule has 0 fully saturated rings. The van der Waals surface area contributed by atoms with Gasteiger partial charge in [0, 0.05) is 5.69 Å². The largest absolute Gasteiger partial charge is 0.325 e. The van der Waals surface area contributed by atoms with Gasteiger partial charge in [0.2, 0.25) is 5.91 Å². The molecular formula is C12H19ClN2O. The highest BCUT2D eigenvalue weighted by atomic mass is 35.5. The zero-order valence-corrected chi connectivity index (χ0v) is 10.5. The highest BCUT2D eigenvalue weighted by molar-refractivity contribution is 5.94. The molecule has 3 N–H and O–H groups in total. The van der Waals surface area contributed by atoms with Crippen molar-refractivity contribution in [2.45, 2.75) is 26.3 Å². The SMILES string of the molecule is CC(C)C[C@H](N)C(=O)Nc1ccccc1.Cl. The Kier molecular flexibility index (Phi) is 6.77. The van der Waals surface area contributed by atoms with Crippen LogP contribution in [0.25, 0.3) is 0 Å². The second kappa shape index (κ2) is 7.25. The normalized spacial score (nSPS) is 11.8. The maximum Gasteiger partial charge on any atom is 0.241 e. The summed E-state index contributed by atoms with van der Waals surface area (Å²) in [6.07, 6.45) is 0.707. The first kappa shape index (κ1) is 14.9. The molecule has 0 bridgehead atoms. The first-order chi connectivity index (χ1) is 7.09. The molecule has 3 nitrogen and oxygen atoms in total. The van der Waals surface area contributed by atoms with E-state index in [1.807, 2.05) is 30.3 Å². The summed E-state index contributed by atoms with van der Waals surface area (Å²) >= 11 is 0. The number of anilines is 1. The van der Waals surface area contributed by atoms with Crippen molar-refractivity contribution in [1.29, 1.82) is 0 Å². The standard InChI is InChI=1S/C12H18N2O.ClH/c1-9(2)8-11(13)12(15)14-10-6-4-3-5-7-10;/h3-7,9,11H,8,13H2,1-2H3,(H,14,15);1H/t11-;/m0./s1. The molecule has 0 saturated carbocycles. The van der Waals surface area contributed by atoms with Crippen LogP contribution in [0.3, 0.4) is 0 Å². The van der Waals surface area contributed by atoms with Gasteiger partial charge in [-0.2, -0.15) is 0 Å². The van der Waals surface area contributed by atoms with Crippen LogP contribution in [-0.2, 0) is 4.79 Å². The molecule has 1 aromatic carbocycles. The predicted molar refractivity (Wildman–Crippen MR) is 69.8 cm³/mol. The number of hydrogen-bond acceptors (Lipinski definition) is 2. The van der Waals surface area contributed by atoms with Gasteiger partial charge in [-0.1, -0.05) is 32.0 Å². The summed E-state index contributed by atoms with van der Waals surface area (Å²) in [5.41, 5.74) is 6.55. The summed E-state index contributed by atoms with van der Waals surface area (Å²) < 4.78 is 0. The number of nitrogens with one attached hydrogen (secondary N) is 1. The fourth-order valence-corrected chi connectivity index (χ4v) is 1.37. The Morgan fingerprint density at radius 1 is 1.31 bits per heavy atom. The fraction of sp³-hybridized carbons (Fsp3) is 0.417. The third kappa shape index (κ3) is 5.14. The van der Waals surface area contributed by atoms with E-state index in [0.29, 0.717) is 12.3 Å². The molecule has 0 spiro atoms. The van der Waals surface area contributed by atoms with E-state index < -0.39 is 6.04 Å². The lowest BCUT2D eigenvalue weighted by atomic mass is 10.0. The van der Waals surface area contributed by atoms with Gasteiger partial charge in [-0.3, -0.25) is 4.79 Å². The summed E-state index contributed by atoms with van der Waals surface area (Å²) in [4.78, 5) is 11.6. The maximum atomic E-state index is 11.6. The Hall–Kier alpha value is -1.06. The van der Waals surface area contributed by atoms with Gasteiger partial charge in [0.05, 0.1) is 6.04 Å². The Bertz CT molecular complexity index is 314. The van der Waals surface area contributed by atoms with E-state index in [0.717, 1.165) is 5.69 Å². The second-order valence-electron chi connectivity index (χ2n) is 4.09. The minimum absolute atomic E-state index is 0. The van der Waals surface area contributed by atoms with Crippen LogP contribution in [0.5, 0.6) is 0 Å². The average molecular weight is 243 g/mol. The van der Waals surface area contributed by atoms with E-state index in [1.165, 1.54) is 0 Å². The molecule has 0 radical (unpaired) electrons. The van der Waals surface area contributed by atoms with Gasteiger partial charge in [-0.15, -0.1) is 12.4 Å². The lowest BCUT2D eigenvalue weighted by Crippen LogP contribution is -2.36. The second-order valence-corrected chi connectivity index (χ2v) is 4.09. The summed E-state index contributed by atoms with van der Waals surface area (Å²) in [6, 6.07) is 8.93. The molecule has 0 saturated heterocycles. The van der Waals surface area contributed by atoms with E-state index in [1.54, 1.807) is 0 Å². The van der Waals surface area contributed by atoms with Crippen molar-refractivity contribution >= 4 is 24.0 Å². The van der Waals surface area contributed by atoms with E-state index in [2.05, 4.69) is 19.2 Å². The number of nitrogens with two attached hydrogens (primary N) is 1. The summed E-state index contributed by atoms with van der Waals surface area (Å²) in [7, 11) is 0. The Morgan fingerprint density at radius 3 is 2.38 bits per heavy atom. The number of amides is 1. The fourth-order valence-electron chi connectivity index (χ4n) is 1.37. The molecule has 1 amide bonds. The van der Waals surface area contributed by atoms with E-state index in [4.69, 9.17) is 5.73 Å². The quantitative estimate of drug-likeness (QED) is 0.852. The number of carbonyl (C=O) groups excluding carboxylic acids is 1. The van der Waals surface area contributed by atoms with Crippen molar-refractivity contribution in [2.75, 3.05) is 5.32 Å². The highest BCUT2D eigenvalue weighted by Gasteiger charge is 2.14. The van der Waals surface area contributed by atoms with Gasteiger partial charge >= 0.3 is 0 Å². The number of carbonyl (C=O) groups is 1. The molecule has 4 heteroatoms. The van der Waals surface area contributed by atoms with E-state index in [-0.39, 0.29) is 18.3 Å². The lowest BCUT2D eigenvalue weighted by Gasteiger charge is -2.13. The van der Waals surface area contributed by atoms with Crippen LogP contribution in [0.2, 0.25) is 0 Å². The van der Waals surface area contributed by atoms with Crippen LogP contribution in [0.15, 0.2) is 30.3 Å². The molecule has 90 valence electrons. The third-order valence-corrected chi connectivity index (χ3v) is 2.10. The predicted octanol–water partition coefficient (Wildman–Crippen LogP) is 2.42. The van der Waals surface area contributed by atoms with Gasteiger partial charge in [0.1, 0.15) is 0 Å². The molecule has 0 unspecified atom stereocenters. The van der Waals surface area contributed by atoms with Crippen molar-refractivity contribution in [3.05, 3.63) is 30.3 Å². The van der Waals surface area contributed by atoms with E-state index in [9.17, 15) is 4.79 Å². The Morgan fingerprint density at radius 2 is 1.88 bits per heavy atom. The summed E-state index contributed by atoms with van der Waals surface area (Å²) in [6.45, 7) is 4.10. The van der Waals surface area contributed by atoms with Crippen LogP contribution >= 0.6 is 12.4 Å². The monoisotopic (exact) mass is 242 g/mol. The Labute approximate surface area is 103 Å². The zero-order valence-electron chi connectivity index (χ0n) is 9.64. The van der Waals surface area contributed by atoms with E-state index >= 15 is 0 Å². The minimum atomic E-state index is -0.426. The average Bonchev–Trinajstić information content (AvgIpc) is 2.18. The van der Waals surface area contributed by atoms with Gasteiger partial charge in [0.25, 0.3) is 0 Å². The number of para-hydroxylation sites is 1. The minimum Gasteiger partial charge on any atom is -0.325 e. The molecule has 16 heavy (non-hydrogen) atoms. The Balaban J connectivity index is 0.00000225. The molecule has 0 aliphatic carbocycles. The van der Waals surface area contributed by atoms with Gasteiger partial charge in [-0.25, -0.2) is 0 Å². The van der Waals surface area contributed by atoms with Crippen LogP contribution < -0.4 is 11.1 Å². The summed E-state index contributed by atoms with van der Waals surface area (Å²) in [5, 5.41) is 2.78. The number of benzene rings is 1. The maximum absolute atomic E-state index is 11.6. The van der Waals surface area contributed by atoms with Gasteiger partial charge < -0.3 is 11.1 Å². The van der Waals surface area contributed by atoms with Crippen molar-refractivity contribution < 1.29 is 4.79 Å². The number of hydrogen-bond donors (Lipinski definition) is 2. The van der Waals surface area contributed by atoms with Crippen LogP contribution in [0, 0.1) is 5.92 Å². The topological polar surface area (TPSA) is 55.1 Å². The third-order valence-electron chi connectivity index (χ3n) is 2.10. The molecule has 0 aliphatic rings. The molecule has 0 aliphatic heterocycles. The van der Waals surface area contributed by atoms with Crippen LogP contribution in [-0.4, -0.2) is 11.9 Å². The van der Waals surface area contributed by atoms with Crippen molar-refractivity contribution in [3.63, 3.8) is 0 Å². The van der Waals surface area contributed by atoms with Crippen molar-refractivity contribution in [1.82, 2.24) is 0 Å². The first-order valence-electron chi connectivity index (χ1n) is 5.21.